The molecule has 0 amide bonds. The molecule has 1 atom stereocenters. The molecule has 1 aliphatic rings. The molecule has 1 saturated heterocycles. The van der Waals surface area contributed by atoms with E-state index in [1.807, 2.05) is 19.0 Å². The summed E-state index contributed by atoms with van der Waals surface area (Å²) >= 11 is 0. The molecule has 0 radical (unpaired) electrons. The fourth-order valence-corrected chi connectivity index (χ4v) is 2.19. The first-order valence-electron chi connectivity index (χ1n) is 6.17. The molecule has 20 heavy (non-hydrogen) atoms. The molecule has 2 heterocycles. The summed E-state index contributed by atoms with van der Waals surface area (Å²) in [5.74, 6) is -1.21. The zero-order valence-electron chi connectivity index (χ0n) is 11.3. The fraction of sp³-hybridized carbons (Fsp3) is 0.583. The molecule has 1 aromatic heterocycles. The van der Waals surface area contributed by atoms with Gasteiger partial charge >= 0.3 is 5.97 Å². The molecule has 6 nitrogen and oxygen atoms in total. The third-order valence-corrected chi connectivity index (χ3v) is 3.42. The molecule has 0 saturated carbocycles. The summed E-state index contributed by atoms with van der Waals surface area (Å²) in [5.41, 5.74) is -1.26. The van der Waals surface area contributed by atoms with Crippen molar-refractivity contribution in [2.24, 2.45) is 0 Å². The van der Waals surface area contributed by atoms with E-state index < -0.39 is 23.7 Å². The van der Waals surface area contributed by atoms with Crippen LogP contribution in [0.25, 0.3) is 0 Å². The minimum absolute atomic E-state index is 0.214. The number of carboxylic acids is 1. The molecule has 8 heteroatoms. The summed E-state index contributed by atoms with van der Waals surface area (Å²) in [5, 5.41) is 8.88. The Morgan fingerprint density at radius 1 is 1.45 bits per heavy atom. The van der Waals surface area contributed by atoms with Crippen molar-refractivity contribution in [3.8, 4) is 0 Å². The number of carboxylic acid groups (broad SMARTS) is 1. The van der Waals surface area contributed by atoms with Gasteiger partial charge in [0.2, 0.25) is 0 Å². The van der Waals surface area contributed by atoms with Crippen molar-refractivity contribution < 1.29 is 18.7 Å². The van der Waals surface area contributed by atoms with Crippen LogP contribution in [0, 0.1) is 0 Å². The van der Waals surface area contributed by atoms with Gasteiger partial charge in [-0.1, -0.05) is 0 Å². The molecule has 0 aliphatic carbocycles. The molecular weight excluding hydrogens is 270 g/mol. The molecule has 1 aliphatic heterocycles. The van der Waals surface area contributed by atoms with E-state index in [0.29, 0.717) is 6.54 Å². The Kier molecular flexibility index (Phi) is 4.24. The van der Waals surface area contributed by atoms with Crippen LogP contribution in [0.2, 0.25) is 0 Å². The van der Waals surface area contributed by atoms with Crippen LogP contribution in [0.3, 0.4) is 0 Å². The van der Waals surface area contributed by atoms with Gasteiger partial charge in [-0.2, -0.15) is 0 Å². The maximum Gasteiger partial charge on any atom is 0.339 e. The zero-order chi connectivity index (χ0) is 14.9. The lowest BCUT2D eigenvalue weighted by Gasteiger charge is -2.36. The first-order chi connectivity index (χ1) is 9.40. The summed E-state index contributed by atoms with van der Waals surface area (Å²) in [6.45, 7) is 2.27. The number of halogens is 2. The van der Waals surface area contributed by atoms with Crippen LogP contribution < -0.4 is 0 Å². The molecule has 2 rings (SSSR count). The third kappa shape index (κ3) is 2.91. The molecule has 1 unspecified atom stereocenters. The van der Waals surface area contributed by atoms with E-state index in [9.17, 15) is 13.6 Å². The molecule has 1 fully saturated rings. The maximum absolute atomic E-state index is 12.9. The zero-order valence-corrected chi connectivity index (χ0v) is 11.3. The number of nitrogens with zero attached hydrogens (tertiary/aromatic N) is 4. The fourth-order valence-electron chi connectivity index (χ4n) is 2.19. The largest absolute Gasteiger partial charge is 0.478 e. The first-order valence-corrected chi connectivity index (χ1v) is 6.17. The van der Waals surface area contributed by atoms with Crippen LogP contribution in [0.1, 0.15) is 34.3 Å². The van der Waals surface area contributed by atoms with Crippen molar-refractivity contribution in [1.82, 2.24) is 19.8 Å². The van der Waals surface area contributed by atoms with Crippen LogP contribution in [-0.4, -0.2) is 64.6 Å². The summed E-state index contributed by atoms with van der Waals surface area (Å²) in [6, 6.07) is -0.214. The second kappa shape index (κ2) is 5.76. The average Bonchev–Trinajstić information content (AvgIpc) is 2.40. The number of hydrogen-bond acceptors (Lipinski definition) is 5. The highest BCUT2D eigenvalue weighted by atomic mass is 19.3. The number of piperazine rings is 1. The number of carbonyl (C=O) groups is 1. The molecule has 110 valence electrons. The van der Waals surface area contributed by atoms with Crippen LogP contribution >= 0.6 is 0 Å². The van der Waals surface area contributed by atoms with Gasteiger partial charge < -0.3 is 10.0 Å². The Labute approximate surface area is 115 Å². The summed E-state index contributed by atoms with van der Waals surface area (Å²) in [4.78, 5) is 22.7. The second-order valence-corrected chi connectivity index (χ2v) is 4.89. The van der Waals surface area contributed by atoms with Gasteiger partial charge in [0.05, 0.1) is 6.04 Å². The van der Waals surface area contributed by atoms with Gasteiger partial charge in [-0.3, -0.25) is 4.90 Å². The van der Waals surface area contributed by atoms with Crippen molar-refractivity contribution in [1.29, 1.82) is 0 Å². The predicted octanol–water partition coefficient (Wildman–Crippen LogP) is 1.03. The monoisotopic (exact) mass is 286 g/mol. The number of rotatable bonds is 3. The van der Waals surface area contributed by atoms with Crippen molar-refractivity contribution in [3.63, 3.8) is 0 Å². The molecule has 0 aromatic carbocycles. The summed E-state index contributed by atoms with van der Waals surface area (Å²) in [7, 11) is 3.80. The highest BCUT2D eigenvalue weighted by Crippen LogP contribution is 2.25. The van der Waals surface area contributed by atoms with Crippen LogP contribution in [0.15, 0.2) is 6.20 Å². The van der Waals surface area contributed by atoms with Crippen molar-refractivity contribution in [3.05, 3.63) is 23.3 Å². The van der Waals surface area contributed by atoms with Gasteiger partial charge in [0.25, 0.3) is 6.43 Å². The van der Waals surface area contributed by atoms with Crippen LogP contribution in [0.4, 0.5) is 8.78 Å². The Balaban J connectivity index is 2.37. The van der Waals surface area contributed by atoms with Gasteiger partial charge in [0, 0.05) is 25.8 Å². The van der Waals surface area contributed by atoms with E-state index in [0.717, 1.165) is 19.3 Å². The lowest BCUT2D eigenvalue weighted by Crippen LogP contribution is -2.45. The topological polar surface area (TPSA) is 69.6 Å². The minimum atomic E-state index is -2.94. The minimum Gasteiger partial charge on any atom is -0.478 e. The van der Waals surface area contributed by atoms with Gasteiger partial charge in [-0.05, 0) is 14.1 Å². The third-order valence-electron chi connectivity index (χ3n) is 3.42. The highest BCUT2D eigenvalue weighted by Gasteiger charge is 2.29. The van der Waals surface area contributed by atoms with E-state index in [1.54, 1.807) is 0 Å². The molecule has 1 N–H and O–H groups in total. The van der Waals surface area contributed by atoms with E-state index in [4.69, 9.17) is 5.11 Å². The van der Waals surface area contributed by atoms with Crippen LogP contribution in [0.5, 0.6) is 0 Å². The maximum atomic E-state index is 12.9. The Hall–Kier alpha value is -1.67. The standard InChI is InChI=1S/C12H16F2N4O2/c1-17-3-4-18(2)8(6-17)11-15-5-7(12(19)20)9(16-11)10(13)14/h5,8,10H,3-4,6H2,1-2H3,(H,19,20). The quantitative estimate of drug-likeness (QED) is 0.895. The normalized spacial score (nSPS) is 21.4. The van der Waals surface area contributed by atoms with E-state index >= 15 is 0 Å². The lowest BCUT2D eigenvalue weighted by atomic mass is 10.1. The second-order valence-electron chi connectivity index (χ2n) is 4.89. The number of aromatic carboxylic acids is 1. The summed E-state index contributed by atoms with van der Waals surface area (Å²) in [6.07, 6.45) is -1.97. The van der Waals surface area contributed by atoms with Crippen molar-refractivity contribution >= 4 is 5.97 Å². The number of alkyl halides is 2. The molecular formula is C12H16F2N4O2. The lowest BCUT2D eigenvalue weighted by molar-refractivity contribution is 0.0679. The Morgan fingerprint density at radius 2 is 2.15 bits per heavy atom. The van der Waals surface area contributed by atoms with Gasteiger partial charge in [-0.25, -0.2) is 23.5 Å². The van der Waals surface area contributed by atoms with Crippen molar-refractivity contribution in [2.45, 2.75) is 12.5 Å². The van der Waals surface area contributed by atoms with E-state index in [-0.39, 0.29) is 11.9 Å². The van der Waals surface area contributed by atoms with Crippen LogP contribution in [-0.2, 0) is 0 Å². The van der Waals surface area contributed by atoms with Crippen molar-refractivity contribution in [2.75, 3.05) is 33.7 Å². The van der Waals surface area contributed by atoms with Gasteiger partial charge in [0.1, 0.15) is 17.1 Å². The van der Waals surface area contributed by atoms with E-state index in [1.165, 1.54) is 0 Å². The number of aromatic nitrogens is 2. The predicted molar refractivity (Wildman–Crippen MR) is 66.8 cm³/mol. The first kappa shape index (κ1) is 14.7. The molecule has 1 aromatic rings. The number of likely N-dealkylation sites (N-methyl/N-ethyl adjacent to an activating group) is 2. The van der Waals surface area contributed by atoms with Gasteiger partial charge in [0.15, 0.2) is 0 Å². The molecule has 0 spiro atoms. The van der Waals surface area contributed by atoms with Gasteiger partial charge in [-0.15, -0.1) is 0 Å². The average molecular weight is 286 g/mol. The SMILES string of the molecule is CN1CCN(C)C(c2ncc(C(=O)O)c(C(F)F)n2)C1. The highest BCUT2D eigenvalue weighted by molar-refractivity contribution is 5.88. The smallest absolute Gasteiger partial charge is 0.339 e. The Morgan fingerprint density at radius 3 is 2.75 bits per heavy atom. The number of hydrogen-bond donors (Lipinski definition) is 1. The van der Waals surface area contributed by atoms with E-state index in [2.05, 4.69) is 14.9 Å². The molecule has 0 bridgehead atoms. The Bertz CT molecular complexity index is 512. The summed E-state index contributed by atoms with van der Waals surface area (Å²) < 4.78 is 25.9.